The summed E-state index contributed by atoms with van der Waals surface area (Å²) >= 11 is 0. The van der Waals surface area contributed by atoms with Crippen LogP contribution in [0.1, 0.15) is 43.9 Å². The minimum absolute atomic E-state index is 0.125. The molecule has 158 valence electrons. The quantitative estimate of drug-likeness (QED) is 0.225. The number of fused-ring (bicyclic) bond motifs is 4. The first-order chi connectivity index (χ1) is 15.4. The summed E-state index contributed by atoms with van der Waals surface area (Å²) in [7, 11) is 0. The molecule has 3 aromatic carbocycles. The highest BCUT2D eigenvalue weighted by Gasteiger charge is 2.41. The Morgan fingerprint density at radius 1 is 1.06 bits per heavy atom. The number of ketones is 1. The van der Waals surface area contributed by atoms with Crippen LogP contribution in [0.25, 0.3) is 16.3 Å². The zero-order chi connectivity index (χ0) is 22.5. The van der Waals surface area contributed by atoms with Crippen LogP contribution < -0.4 is 5.32 Å². The molecule has 1 N–H and O–H groups in total. The highest BCUT2D eigenvalue weighted by atomic mass is 16.3. The number of hydrogen-bond acceptors (Lipinski definition) is 5. The van der Waals surface area contributed by atoms with E-state index in [1.807, 2.05) is 18.2 Å². The minimum atomic E-state index is -0.367. The van der Waals surface area contributed by atoms with E-state index in [-0.39, 0.29) is 22.9 Å². The number of nitrogens with zero attached hydrogens (tertiary/aromatic N) is 3. The molecule has 0 saturated heterocycles. The maximum absolute atomic E-state index is 13.5. The molecule has 0 spiro atoms. The number of benzene rings is 3. The van der Waals surface area contributed by atoms with Crippen LogP contribution in [0.5, 0.6) is 0 Å². The maximum atomic E-state index is 13.5. The molecule has 1 atom stereocenters. The summed E-state index contributed by atoms with van der Waals surface area (Å²) in [4.78, 5) is 28.4. The lowest BCUT2D eigenvalue weighted by Crippen LogP contribution is -2.33. The molecule has 0 saturated carbocycles. The number of carbonyl (C=O) groups is 1. The predicted octanol–water partition coefficient (Wildman–Crippen LogP) is 6.54. The normalized spacial score (nSPS) is 18.9. The number of Topliss-reactive ketones (excluding diaryl/α,β-unsaturated/α-hetero) is 1. The molecule has 3 aromatic rings. The molecular formula is C26H23N4O2+. The van der Waals surface area contributed by atoms with E-state index >= 15 is 0 Å². The van der Waals surface area contributed by atoms with Gasteiger partial charge in [0.2, 0.25) is 0 Å². The lowest BCUT2D eigenvalue weighted by molar-refractivity contribution is -0.118. The smallest absolute Gasteiger partial charge is 0.296 e. The van der Waals surface area contributed by atoms with Gasteiger partial charge in [0, 0.05) is 28.0 Å². The van der Waals surface area contributed by atoms with Crippen LogP contribution in [-0.2, 0) is 4.79 Å². The van der Waals surface area contributed by atoms with Gasteiger partial charge in [0.25, 0.3) is 6.72 Å². The second-order valence-corrected chi connectivity index (χ2v) is 9.20. The van der Waals surface area contributed by atoms with Crippen molar-refractivity contribution in [2.75, 3.05) is 5.32 Å². The summed E-state index contributed by atoms with van der Waals surface area (Å²) < 4.78 is 0. The van der Waals surface area contributed by atoms with Crippen LogP contribution >= 0.6 is 0 Å². The number of rotatable bonds is 3. The van der Waals surface area contributed by atoms with Gasteiger partial charge in [0.15, 0.2) is 11.5 Å². The Labute approximate surface area is 185 Å². The van der Waals surface area contributed by atoms with Crippen molar-refractivity contribution in [1.29, 1.82) is 0 Å². The molecule has 1 unspecified atom stereocenters. The van der Waals surface area contributed by atoms with Gasteiger partial charge in [-0.25, -0.2) is 0 Å². The van der Waals surface area contributed by atoms with Crippen molar-refractivity contribution in [1.82, 2.24) is 0 Å². The van der Waals surface area contributed by atoms with Gasteiger partial charge in [-0.2, -0.15) is 0 Å². The van der Waals surface area contributed by atoms with Gasteiger partial charge in [0.1, 0.15) is 10.8 Å². The molecule has 2 aliphatic rings. The first kappa shape index (κ1) is 20.0. The van der Waals surface area contributed by atoms with Crippen LogP contribution in [0.3, 0.4) is 0 Å². The van der Waals surface area contributed by atoms with Crippen LogP contribution in [0.15, 0.2) is 70.5 Å². The molecule has 0 fully saturated rings. The number of hydrogen-bond donors (Lipinski definition) is 1. The summed E-state index contributed by atoms with van der Waals surface area (Å²) in [5, 5.41) is 12.8. The van der Waals surface area contributed by atoms with E-state index in [0.29, 0.717) is 12.1 Å². The van der Waals surface area contributed by atoms with E-state index in [0.717, 1.165) is 45.2 Å². The van der Waals surface area contributed by atoms with E-state index < -0.39 is 0 Å². The van der Waals surface area contributed by atoms with Crippen molar-refractivity contribution in [3.8, 4) is 0 Å². The van der Waals surface area contributed by atoms with Crippen molar-refractivity contribution in [2.24, 2.45) is 15.7 Å². The Kier molecular flexibility index (Phi) is 4.61. The van der Waals surface area contributed by atoms with Gasteiger partial charge in [-0.1, -0.05) is 50.2 Å². The van der Waals surface area contributed by atoms with E-state index in [4.69, 9.17) is 0 Å². The Morgan fingerprint density at radius 3 is 2.66 bits per heavy atom. The number of allylic oxidation sites excluding steroid dienone is 1. The molecule has 1 heterocycles. The third-order valence-corrected chi connectivity index (χ3v) is 6.35. The van der Waals surface area contributed by atoms with Crippen molar-refractivity contribution < 1.29 is 9.58 Å². The van der Waals surface area contributed by atoms with Gasteiger partial charge < -0.3 is 5.32 Å². The maximum Gasteiger partial charge on any atom is 0.296 e. The Morgan fingerprint density at radius 2 is 1.88 bits per heavy atom. The monoisotopic (exact) mass is 423 g/mol. The van der Waals surface area contributed by atoms with Gasteiger partial charge in [-0.15, -0.1) is 4.91 Å². The number of anilines is 1. The van der Waals surface area contributed by atoms with Crippen molar-refractivity contribution in [3.05, 3.63) is 76.2 Å². The highest BCUT2D eigenvalue weighted by molar-refractivity contribution is 6.12. The lowest BCUT2D eigenvalue weighted by atomic mass is 9.68. The standard InChI is InChI=1S/C26H22N4O2/c1-26(2)13-18-23-17-7-5-4-6-15(17)8-11-20(23)28-25(24(18)22(31)14-26)16-9-10-19(29-27-3)21(12-16)30-32/h4-12,25H,3,13-14H2,1-2H3/p+1. The zero-order valence-electron chi connectivity index (χ0n) is 18.1. The molecule has 0 aromatic heterocycles. The van der Waals surface area contributed by atoms with E-state index in [1.54, 1.807) is 12.1 Å². The molecule has 0 radical (unpaired) electrons. The molecule has 6 nitrogen and oxygen atoms in total. The summed E-state index contributed by atoms with van der Waals surface area (Å²) in [5.41, 5.74) is 5.15. The van der Waals surface area contributed by atoms with Crippen molar-refractivity contribution in [3.63, 3.8) is 0 Å². The topological polar surface area (TPSA) is 85.0 Å². The Hall–Kier alpha value is -3.89. The second kappa shape index (κ2) is 7.36. The summed E-state index contributed by atoms with van der Waals surface area (Å²) in [5.74, 6) is 0.134. The third-order valence-electron chi connectivity index (χ3n) is 6.35. The van der Waals surface area contributed by atoms with Gasteiger partial charge in [-0.05, 0) is 57.1 Å². The average molecular weight is 423 g/mol. The van der Waals surface area contributed by atoms with E-state index in [1.165, 1.54) is 0 Å². The second-order valence-electron chi connectivity index (χ2n) is 9.20. The lowest BCUT2D eigenvalue weighted by Gasteiger charge is -2.40. The summed E-state index contributed by atoms with van der Waals surface area (Å²) in [6, 6.07) is 17.3. The highest BCUT2D eigenvalue weighted by Crippen LogP contribution is 2.52. The molecule has 6 heteroatoms. The Balaban J connectivity index is 1.76. The molecular weight excluding hydrogens is 400 g/mol. The predicted molar refractivity (Wildman–Crippen MR) is 127 cm³/mol. The molecule has 0 amide bonds. The van der Waals surface area contributed by atoms with Crippen molar-refractivity contribution in [2.45, 2.75) is 32.7 Å². The van der Waals surface area contributed by atoms with Gasteiger partial charge in [0.05, 0.1) is 6.04 Å². The van der Waals surface area contributed by atoms with Gasteiger partial charge >= 0.3 is 0 Å². The first-order valence-electron chi connectivity index (χ1n) is 10.6. The minimum Gasteiger partial charge on any atom is -0.373 e. The van der Waals surface area contributed by atoms with Crippen LogP contribution in [0.2, 0.25) is 0 Å². The molecule has 1 aliphatic carbocycles. The number of carbonyl (C=O) groups excluding carboxylic acids is 1. The van der Waals surface area contributed by atoms with Crippen LogP contribution in [-0.4, -0.2) is 17.3 Å². The van der Waals surface area contributed by atoms with E-state index in [2.05, 4.69) is 65.2 Å². The fourth-order valence-electron chi connectivity index (χ4n) is 5.04. The van der Waals surface area contributed by atoms with Gasteiger partial charge in [-0.3, -0.25) is 4.79 Å². The van der Waals surface area contributed by atoms with Crippen molar-refractivity contribution >= 4 is 45.9 Å². The van der Waals surface area contributed by atoms with E-state index in [9.17, 15) is 9.70 Å². The van der Waals surface area contributed by atoms with Crippen LogP contribution in [0.4, 0.5) is 17.1 Å². The van der Waals surface area contributed by atoms with Crippen LogP contribution in [0, 0.1) is 10.3 Å². The fourth-order valence-corrected chi connectivity index (χ4v) is 5.04. The third kappa shape index (κ3) is 3.17. The largest absolute Gasteiger partial charge is 0.373 e. The number of nitrogens with one attached hydrogen (secondary N) is 1. The first-order valence-corrected chi connectivity index (χ1v) is 10.6. The fraction of sp³-hybridized carbons (Fsp3) is 0.231. The average Bonchev–Trinajstić information content (AvgIpc) is 2.77. The molecule has 1 aliphatic heterocycles. The summed E-state index contributed by atoms with van der Waals surface area (Å²) in [6.07, 6.45) is 1.29. The SMILES string of the molecule is C=[N+]=Nc1ccc(C2Nc3ccc4ccccc4c3C3=C2C(=O)CC(C)(C)C3)cc1N=O. The zero-order valence-corrected chi connectivity index (χ0v) is 18.1. The molecule has 32 heavy (non-hydrogen) atoms. The molecule has 0 bridgehead atoms. The summed E-state index contributed by atoms with van der Waals surface area (Å²) in [6.45, 7) is 7.63. The number of nitroso groups, excluding NO2 is 1. The molecule has 5 rings (SSSR count). The Bertz CT molecular complexity index is 1380.